The number of carbonyl (C=O) groups excluding carboxylic acids is 2. The van der Waals surface area contributed by atoms with Crippen molar-refractivity contribution in [3.8, 4) is 0 Å². The van der Waals surface area contributed by atoms with Gasteiger partial charge in [-0.1, -0.05) is 50.2 Å². The number of amides is 2. The van der Waals surface area contributed by atoms with Crippen molar-refractivity contribution in [2.45, 2.75) is 39.2 Å². The predicted octanol–water partition coefficient (Wildman–Crippen LogP) is 6.32. The van der Waals surface area contributed by atoms with Crippen LogP contribution in [0.5, 0.6) is 0 Å². The summed E-state index contributed by atoms with van der Waals surface area (Å²) in [6, 6.07) is 25.7. The molecule has 0 aliphatic carbocycles. The lowest BCUT2D eigenvalue weighted by molar-refractivity contribution is -0.117. The molecule has 1 unspecified atom stereocenters. The first-order chi connectivity index (χ1) is 16.5. The molecule has 0 aromatic heterocycles. The van der Waals surface area contributed by atoms with Crippen molar-refractivity contribution >= 4 is 34.7 Å². The summed E-state index contributed by atoms with van der Waals surface area (Å²) in [6.45, 7) is 7.49. The summed E-state index contributed by atoms with van der Waals surface area (Å²) in [6.07, 6.45) is -0.859. The zero-order valence-corrected chi connectivity index (χ0v) is 19.9. The van der Waals surface area contributed by atoms with Gasteiger partial charge < -0.3 is 14.5 Å². The Balaban J connectivity index is 1.37. The van der Waals surface area contributed by atoms with Crippen LogP contribution in [0.15, 0.2) is 78.9 Å². The van der Waals surface area contributed by atoms with Gasteiger partial charge in [-0.25, -0.2) is 4.79 Å². The van der Waals surface area contributed by atoms with Crippen LogP contribution in [0.2, 0.25) is 0 Å². The maximum absolute atomic E-state index is 12.7. The third-order valence-corrected chi connectivity index (χ3v) is 6.02. The first-order valence-corrected chi connectivity index (χ1v) is 11.8. The van der Waals surface area contributed by atoms with Crippen molar-refractivity contribution in [3.05, 3.63) is 84.4 Å². The molecule has 1 aliphatic rings. The van der Waals surface area contributed by atoms with Gasteiger partial charge in [-0.2, -0.15) is 0 Å². The molecule has 0 saturated carbocycles. The average molecular weight is 458 g/mol. The van der Waals surface area contributed by atoms with E-state index in [-0.39, 0.29) is 12.3 Å². The highest BCUT2D eigenvalue weighted by molar-refractivity contribution is 5.97. The Kier molecular flexibility index (Phi) is 7.16. The van der Waals surface area contributed by atoms with E-state index in [9.17, 15) is 9.59 Å². The number of ether oxygens (including phenoxy) is 1. The highest BCUT2D eigenvalue weighted by Gasteiger charge is 2.34. The van der Waals surface area contributed by atoms with Gasteiger partial charge in [0, 0.05) is 29.3 Å². The van der Waals surface area contributed by atoms with Crippen molar-refractivity contribution < 1.29 is 14.3 Å². The normalized spacial score (nSPS) is 15.5. The van der Waals surface area contributed by atoms with Gasteiger partial charge in [-0.3, -0.25) is 10.1 Å². The summed E-state index contributed by atoms with van der Waals surface area (Å²) in [5.74, 6) is 0.261. The highest BCUT2D eigenvalue weighted by Crippen LogP contribution is 2.31. The summed E-state index contributed by atoms with van der Waals surface area (Å²) >= 11 is 0. The van der Waals surface area contributed by atoms with E-state index in [0.717, 1.165) is 29.2 Å². The Morgan fingerprint density at radius 2 is 1.65 bits per heavy atom. The van der Waals surface area contributed by atoms with Crippen LogP contribution in [0, 0.1) is 0 Å². The minimum atomic E-state index is -0.556. The monoisotopic (exact) mass is 457 g/mol. The number of para-hydroxylation sites is 2. The minimum absolute atomic E-state index is 0.0316. The van der Waals surface area contributed by atoms with E-state index in [4.69, 9.17) is 4.74 Å². The first-order valence-electron chi connectivity index (χ1n) is 11.8. The van der Waals surface area contributed by atoms with Crippen molar-refractivity contribution in [1.29, 1.82) is 0 Å². The van der Waals surface area contributed by atoms with E-state index in [2.05, 4.69) is 43.1 Å². The van der Waals surface area contributed by atoms with Crippen LogP contribution in [0.1, 0.15) is 38.7 Å². The topological polar surface area (TPSA) is 61.9 Å². The molecule has 34 heavy (non-hydrogen) atoms. The first kappa shape index (κ1) is 23.4. The second kappa shape index (κ2) is 10.4. The largest absolute Gasteiger partial charge is 0.444 e. The van der Waals surface area contributed by atoms with Gasteiger partial charge in [0.25, 0.3) is 0 Å². The lowest BCUT2D eigenvalue weighted by atomic mass is 10.0. The summed E-state index contributed by atoms with van der Waals surface area (Å²) in [7, 11) is 0. The molecular formula is C28H31N3O3. The lowest BCUT2D eigenvalue weighted by Gasteiger charge is -2.23. The number of hydrogen-bond donors (Lipinski definition) is 1. The number of rotatable bonds is 7. The summed E-state index contributed by atoms with van der Waals surface area (Å²) in [5, 5.41) is 2.78. The molecule has 4 rings (SSSR count). The fourth-order valence-electron chi connectivity index (χ4n) is 4.35. The average Bonchev–Trinajstić information content (AvgIpc) is 3.20. The maximum Gasteiger partial charge on any atom is 0.411 e. The number of nitrogens with one attached hydrogen (secondary N) is 1. The number of anilines is 4. The van der Waals surface area contributed by atoms with Gasteiger partial charge in [-0.15, -0.1) is 0 Å². The van der Waals surface area contributed by atoms with E-state index in [0.29, 0.717) is 18.2 Å². The Bertz CT molecular complexity index is 1130. The molecule has 3 aromatic rings. The Morgan fingerprint density at radius 1 is 1.00 bits per heavy atom. The lowest BCUT2D eigenvalue weighted by Crippen LogP contribution is -2.28. The third-order valence-electron chi connectivity index (χ3n) is 6.02. The number of nitrogens with zero attached hydrogens (tertiary/aromatic N) is 2. The summed E-state index contributed by atoms with van der Waals surface area (Å²) in [5.41, 5.74) is 4.79. The fraction of sp³-hybridized carbons (Fsp3) is 0.286. The molecule has 1 fully saturated rings. The smallest absolute Gasteiger partial charge is 0.411 e. The van der Waals surface area contributed by atoms with Crippen LogP contribution in [0.25, 0.3) is 0 Å². The number of benzene rings is 3. The van der Waals surface area contributed by atoms with Crippen LogP contribution in [-0.2, 0) is 9.53 Å². The Morgan fingerprint density at radius 3 is 2.32 bits per heavy atom. The number of carbonyl (C=O) groups is 2. The van der Waals surface area contributed by atoms with Gasteiger partial charge in [0.2, 0.25) is 5.91 Å². The molecule has 0 radical (unpaired) electrons. The van der Waals surface area contributed by atoms with Crippen LogP contribution in [0.3, 0.4) is 0 Å². The SMILES string of the molecule is CCN(c1ccccc1)c1ccc(NC(=O)OC2CC(=O)N(c3ccccc3C(C)C)C2)cc1. The molecule has 176 valence electrons. The number of hydrogen-bond acceptors (Lipinski definition) is 4. The van der Waals surface area contributed by atoms with Gasteiger partial charge in [0.05, 0.1) is 13.0 Å². The molecular weight excluding hydrogens is 426 g/mol. The van der Waals surface area contributed by atoms with Crippen LogP contribution in [-0.4, -0.2) is 31.2 Å². The standard InChI is InChI=1S/C28H31N3O3/c1-4-30(22-10-6-5-7-11-22)23-16-14-21(15-17-23)29-28(33)34-24-18-27(32)31(19-24)26-13-9-8-12-25(26)20(2)3/h5-17,20,24H,4,18-19H2,1-3H3,(H,29,33). The molecule has 1 saturated heterocycles. The van der Waals surface area contributed by atoms with E-state index in [1.54, 1.807) is 4.90 Å². The molecule has 6 heteroatoms. The fourth-order valence-corrected chi connectivity index (χ4v) is 4.35. The molecule has 2 amide bonds. The molecule has 0 bridgehead atoms. The zero-order chi connectivity index (χ0) is 24.1. The van der Waals surface area contributed by atoms with Crippen molar-refractivity contribution in [1.82, 2.24) is 0 Å². The van der Waals surface area contributed by atoms with Crippen LogP contribution >= 0.6 is 0 Å². The molecule has 1 N–H and O–H groups in total. The summed E-state index contributed by atoms with van der Waals surface area (Å²) in [4.78, 5) is 29.1. The van der Waals surface area contributed by atoms with E-state index >= 15 is 0 Å². The molecule has 1 aliphatic heterocycles. The van der Waals surface area contributed by atoms with Crippen LogP contribution in [0.4, 0.5) is 27.5 Å². The van der Waals surface area contributed by atoms with Gasteiger partial charge >= 0.3 is 6.09 Å². The third kappa shape index (κ3) is 5.22. The van der Waals surface area contributed by atoms with E-state index < -0.39 is 12.2 Å². The molecule has 1 heterocycles. The van der Waals surface area contributed by atoms with Gasteiger partial charge in [-0.05, 0) is 60.9 Å². The van der Waals surface area contributed by atoms with Gasteiger partial charge in [0.15, 0.2) is 0 Å². The second-order valence-corrected chi connectivity index (χ2v) is 8.70. The molecule has 3 aromatic carbocycles. The van der Waals surface area contributed by atoms with Crippen molar-refractivity contribution in [3.63, 3.8) is 0 Å². The quantitative estimate of drug-likeness (QED) is 0.451. The Hall–Kier alpha value is -3.80. The predicted molar refractivity (Wildman–Crippen MR) is 137 cm³/mol. The molecule has 6 nitrogen and oxygen atoms in total. The summed E-state index contributed by atoms with van der Waals surface area (Å²) < 4.78 is 5.58. The molecule has 0 spiro atoms. The zero-order valence-electron chi connectivity index (χ0n) is 19.9. The van der Waals surface area contributed by atoms with Crippen molar-refractivity contribution in [2.24, 2.45) is 0 Å². The minimum Gasteiger partial charge on any atom is -0.444 e. The Labute approximate surface area is 201 Å². The maximum atomic E-state index is 12.7. The van der Waals surface area contributed by atoms with Crippen molar-refractivity contribution in [2.75, 3.05) is 28.2 Å². The van der Waals surface area contributed by atoms with E-state index in [1.807, 2.05) is 66.7 Å². The highest BCUT2D eigenvalue weighted by atomic mass is 16.6. The molecule has 1 atom stereocenters. The van der Waals surface area contributed by atoms with Gasteiger partial charge in [0.1, 0.15) is 6.10 Å². The second-order valence-electron chi connectivity index (χ2n) is 8.70. The van der Waals surface area contributed by atoms with E-state index in [1.165, 1.54) is 0 Å². The van der Waals surface area contributed by atoms with Crippen LogP contribution < -0.4 is 15.1 Å².